The first-order chi connectivity index (χ1) is 13.6. The van der Waals surface area contributed by atoms with Crippen LogP contribution in [0.15, 0.2) is 30.3 Å². The molecule has 1 heterocycles. The highest BCUT2D eigenvalue weighted by atomic mass is 35.5. The predicted molar refractivity (Wildman–Crippen MR) is 111 cm³/mol. The number of alkyl halides is 1. The first-order valence-corrected chi connectivity index (χ1v) is 9.71. The molecule has 0 saturated carbocycles. The minimum absolute atomic E-state index is 0. The van der Waals surface area contributed by atoms with Crippen LogP contribution in [0.3, 0.4) is 0 Å². The maximum atomic E-state index is 13.1. The number of fused-ring (bicyclic) bond motifs is 2. The number of hydrogen-bond acceptors (Lipinski definition) is 6. The molecular formula is C21H21Cl2NO5. The van der Waals surface area contributed by atoms with Crippen LogP contribution in [0, 0.1) is 0 Å². The van der Waals surface area contributed by atoms with Crippen molar-refractivity contribution >= 4 is 35.6 Å². The van der Waals surface area contributed by atoms with Gasteiger partial charge in [0.2, 0.25) is 0 Å². The molecule has 0 atom stereocenters. The lowest BCUT2D eigenvalue weighted by atomic mass is 9.82. The van der Waals surface area contributed by atoms with Gasteiger partial charge in [0.05, 0.1) is 30.2 Å². The van der Waals surface area contributed by atoms with Crippen molar-refractivity contribution in [3.05, 3.63) is 58.1 Å². The minimum atomic E-state index is -0.396. The van der Waals surface area contributed by atoms with E-state index in [1.54, 1.807) is 30.3 Å². The molecule has 0 unspecified atom stereocenters. The zero-order chi connectivity index (χ0) is 19.7. The summed E-state index contributed by atoms with van der Waals surface area (Å²) in [7, 11) is 0. The molecule has 1 saturated heterocycles. The number of phenolic OH excluding ortho intramolecular Hbond substituents is 1. The Hall–Kier alpha value is -2.12. The van der Waals surface area contributed by atoms with Gasteiger partial charge in [0.1, 0.15) is 18.1 Å². The SMILES string of the molecule is Cl.O=C1c2ccccc2C(=O)c2c(O)c(CCl)cc(OCCN3CCOCC3)c21. The Morgan fingerprint density at radius 3 is 2.31 bits per heavy atom. The Bertz CT molecular complexity index is 941. The molecule has 8 heteroatoms. The van der Waals surface area contributed by atoms with Crippen molar-refractivity contribution in [2.24, 2.45) is 0 Å². The zero-order valence-electron chi connectivity index (χ0n) is 15.7. The monoisotopic (exact) mass is 437 g/mol. The number of carbonyl (C=O) groups is 2. The van der Waals surface area contributed by atoms with Gasteiger partial charge in [0.15, 0.2) is 11.6 Å². The van der Waals surface area contributed by atoms with Gasteiger partial charge in [-0.15, -0.1) is 24.0 Å². The van der Waals surface area contributed by atoms with Gasteiger partial charge >= 0.3 is 0 Å². The Kier molecular flexibility index (Phi) is 6.80. The third-order valence-electron chi connectivity index (χ3n) is 5.13. The summed E-state index contributed by atoms with van der Waals surface area (Å²) in [5.41, 5.74) is 1.04. The molecule has 1 aliphatic carbocycles. The van der Waals surface area contributed by atoms with Gasteiger partial charge in [-0.25, -0.2) is 0 Å². The van der Waals surface area contributed by atoms with E-state index in [0.29, 0.717) is 37.5 Å². The van der Waals surface area contributed by atoms with E-state index < -0.39 is 5.78 Å². The number of rotatable bonds is 5. The van der Waals surface area contributed by atoms with E-state index >= 15 is 0 Å². The molecule has 1 aliphatic heterocycles. The third-order valence-corrected chi connectivity index (χ3v) is 5.41. The van der Waals surface area contributed by atoms with Crippen molar-refractivity contribution in [2.45, 2.75) is 5.88 Å². The molecule has 0 bridgehead atoms. The normalized spacial score (nSPS) is 16.0. The van der Waals surface area contributed by atoms with Crippen molar-refractivity contribution in [1.29, 1.82) is 0 Å². The maximum absolute atomic E-state index is 13.1. The van der Waals surface area contributed by atoms with E-state index in [1.165, 1.54) is 0 Å². The van der Waals surface area contributed by atoms with Gasteiger partial charge in [-0.2, -0.15) is 0 Å². The standard InChI is InChI=1S/C21H20ClNO5.ClH/c22-12-13-11-16(28-10-7-23-5-8-27-9-6-23)17-18(19(13)24)21(26)15-4-2-1-3-14(15)20(17)25;/h1-4,11,24H,5-10,12H2;1H. The van der Waals surface area contributed by atoms with E-state index in [2.05, 4.69) is 4.90 Å². The summed E-state index contributed by atoms with van der Waals surface area (Å²) in [4.78, 5) is 28.3. The fourth-order valence-electron chi connectivity index (χ4n) is 3.62. The highest BCUT2D eigenvalue weighted by molar-refractivity contribution is 6.30. The molecule has 0 spiro atoms. The number of phenols is 1. The summed E-state index contributed by atoms with van der Waals surface area (Å²) in [6.45, 7) is 4.06. The molecule has 2 aliphatic rings. The average Bonchev–Trinajstić information content (AvgIpc) is 2.73. The highest BCUT2D eigenvalue weighted by Gasteiger charge is 2.35. The van der Waals surface area contributed by atoms with Crippen LogP contribution in [-0.2, 0) is 10.6 Å². The zero-order valence-corrected chi connectivity index (χ0v) is 17.2. The summed E-state index contributed by atoms with van der Waals surface area (Å²) in [6.07, 6.45) is 0. The van der Waals surface area contributed by atoms with E-state index in [0.717, 1.165) is 13.1 Å². The molecule has 1 fully saturated rings. The van der Waals surface area contributed by atoms with Gasteiger partial charge in [-0.1, -0.05) is 24.3 Å². The molecule has 0 radical (unpaired) electrons. The Morgan fingerprint density at radius 2 is 1.69 bits per heavy atom. The number of morpholine rings is 1. The Morgan fingerprint density at radius 1 is 1.07 bits per heavy atom. The summed E-state index contributed by atoms with van der Waals surface area (Å²) in [5.74, 6) is -0.694. The van der Waals surface area contributed by atoms with E-state index in [-0.39, 0.29) is 52.3 Å². The predicted octanol–water partition coefficient (Wildman–Crippen LogP) is 3.04. The molecule has 0 aromatic heterocycles. The summed E-state index contributed by atoms with van der Waals surface area (Å²) >= 11 is 5.95. The van der Waals surface area contributed by atoms with Crippen molar-refractivity contribution in [3.63, 3.8) is 0 Å². The Labute approximate surface area is 179 Å². The maximum Gasteiger partial charge on any atom is 0.198 e. The number of halogens is 2. The van der Waals surface area contributed by atoms with E-state index in [9.17, 15) is 14.7 Å². The van der Waals surface area contributed by atoms with Crippen LogP contribution in [0.25, 0.3) is 0 Å². The second-order valence-electron chi connectivity index (χ2n) is 6.77. The molecule has 154 valence electrons. The number of carbonyl (C=O) groups excluding carboxylic acids is 2. The highest BCUT2D eigenvalue weighted by Crippen LogP contribution is 2.41. The molecule has 29 heavy (non-hydrogen) atoms. The lowest BCUT2D eigenvalue weighted by Crippen LogP contribution is -2.38. The Balaban J connectivity index is 0.00000240. The van der Waals surface area contributed by atoms with Crippen LogP contribution in [0.5, 0.6) is 11.5 Å². The summed E-state index contributed by atoms with van der Waals surface area (Å²) in [6, 6.07) is 8.16. The third kappa shape index (κ3) is 3.98. The first-order valence-electron chi connectivity index (χ1n) is 9.18. The number of aromatic hydroxyl groups is 1. The minimum Gasteiger partial charge on any atom is -0.507 e. The van der Waals surface area contributed by atoms with Crippen LogP contribution >= 0.6 is 24.0 Å². The second kappa shape index (κ2) is 9.13. The van der Waals surface area contributed by atoms with Crippen LogP contribution in [-0.4, -0.2) is 61.0 Å². The number of ether oxygens (including phenoxy) is 2. The lowest BCUT2D eigenvalue weighted by molar-refractivity contribution is 0.0322. The van der Waals surface area contributed by atoms with Gasteiger partial charge in [0.25, 0.3) is 0 Å². The number of hydrogen-bond donors (Lipinski definition) is 1. The van der Waals surface area contributed by atoms with Crippen molar-refractivity contribution < 1.29 is 24.2 Å². The summed E-state index contributed by atoms with van der Waals surface area (Å²) < 4.78 is 11.2. The van der Waals surface area contributed by atoms with E-state index in [4.69, 9.17) is 21.1 Å². The number of benzene rings is 2. The van der Waals surface area contributed by atoms with Gasteiger partial charge in [-0.3, -0.25) is 14.5 Å². The molecule has 2 aromatic carbocycles. The van der Waals surface area contributed by atoms with Crippen molar-refractivity contribution in [2.75, 3.05) is 39.5 Å². The molecule has 0 amide bonds. The van der Waals surface area contributed by atoms with Gasteiger partial charge in [-0.05, 0) is 6.07 Å². The van der Waals surface area contributed by atoms with Crippen LogP contribution in [0.1, 0.15) is 37.4 Å². The van der Waals surface area contributed by atoms with E-state index in [1.807, 2.05) is 0 Å². The number of nitrogens with zero attached hydrogens (tertiary/aromatic N) is 1. The largest absolute Gasteiger partial charge is 0.507 e. The van der Waals surface area contributed by atoms with Gasteiger partial charge in [0, 0.05) is 36.3 Å². The first kappa shape index (κ1) is 21.6. The smallest absolute Gasteiger partial charge is 0.198 e. The van der Waals surface area contributed by atoms with Crippen molar-refractivity contribution in [3.8, 4) is 11.5 Å². The lowest BCUT2D eigenvalue weighted by Gasteiger charge is -2.27. The van der Waals surface area contributed by atoms with Crippen molar-refractivity contribution in [1.82, 2.24) is 4.90 Å². The molecule has 2 aromatic rings. The number of ketones is 2. The van der Waals surface area contributed by atoms with Crippen LogP contribution < -0.4 is 4.74 Å². The fraction of sp³-hybridized carbons (Fsp3) is 0.333. The quantitative estimate of drug-likeness (QED) is 0.618. The fourth-order valence-corrected chi connectivity index (χ4v) is 3.82. The summed E-state index contributed by atoms with van der Waals surface area (Å²) in [5, 5.41) is 10.6. The molecular weight excluding hydrogens is 417 g/mol. The molecule has 4 rings (SSSR count). The second-order valence-corrected chi connectivity index (χ2v) is 7.04. The topological polar surface area (TPSA) is 76.1 Å². The van der Waals surface area contributed by atoms with Gasteiger partial charge < -0.3 is 14.6 Å². The van der Waals surface area contributed by atoms with Crippen LogP contribution in [0.4, 0.5) is 0 Å². The molecule has 1 N–H and O–H groups in total. The van der Waals surface area contributed by atoms with Crippen LogP contribution in [0.2, 0.25) is 0 Å². The average molecular weight is 438 g/mol. The molecule has 6 nitrogen and oxygen atoms in total.